The van der Waals surface area contributed by atoms with Crippen LogP contribution in [0.2, 0.25) is 0 Å². The summed E-state index contributed by atoms with van der Waals surface area (Å²) in [6.07, 6.45) is 1.15. The SMILES string of the molecule is Cc1ccc2nc(NCCCN3CCOCC3)sc2c1. The molecule has 0 unspecified atom stereocenters. The molecule has 1 aromatic heterocycles. The predicted molar refractivity (Wildman–Crippen MR) is 84.7 cm³/mol. The van der Waals surface area contributed by atoms with Crippen molar-refractivity contribution in [3.63, 3.8) is 0 Å². The Morgan fingerprint density at radius 3 is 3.05 bits per heavy atom. The highest BCUT2D eigenvalue weighted by atomic mass is 32.1. The Balaban J connectivity index is 1.47. The average Bonchev–Trinajstić information content (AvgIpc) is 2.86. The summed E-state index contributed by atoms with van der Waals surface area (Å²) >= 11 is 1.74. The Morgan fingerprint density at radius 2 is 2.20 bits per heavy atom. The number of fused-ring (bicyclic) bond motifs is 1. The van der Waals surface area contributed by atoms with Gasteiger partial charge in [-0.05, 0) is 37.6 Å². The number of nitrogens with one attached hydrogen (secondary N) is 1. The summed E-state index contributed by atoms with van der Waals surface area (Å²) in [6.45, 7) is 8.14. The fraction of sp³-hybridized carbons (Fsp3) is 0.533. The molecule has 0 bridgehead atoms. The van der Waals surface area contributed by atoms with Crippen LogP contribution in [-0.4, -0.2) is 49.3 Å². The van der Waals surface area contributed by atoms with Crippen LogP contribution in [0.15, 0.2) is 18.2 Å². The van der Waals surface area contributed by atoms with Gasteiger partial charge in [0.2, 0.25) is 0 Å². The second-order valence-corrected chi connectivity index (χ2v) is 6.26. The van der Waals surface area contributed by atoms with E-state index in [-0.39, 0.29) is 0 Å². The van der Waals surface area contributed by atoms with Crippen molar-refractivity contribution in [3.05, 3.63) is 23.8 Å². The van der Waals surface area contributed by atoms with Crippen molar-refractivity contribution in [1.82, 2.24) is 9.88 Å². The van der Waals surface area contributed by atoms with Gasteiger partial charge in [0.1, 0.15) is 0 Å². The summed E-state index contributed by atoms with van der Waals surface area (Å²) < 4.78 is 6.62. The van der Waals surface area contributed by atoms with Crippen molar-refractivity contribution in [2.24, 2.45) is 0 Å². The van der Waals surface area contributed by atoms with Gasteiger partial charge >= 0.3 is 0 Å². The zero-order valence-corrected chi connectivity index (χ0v) is 12.7. The minimum atomic E-state index is 0.880. The third-order valence-corrected chi connectivity index (χ3v) is 4.55. The molecule has 0 atom stereocenters. The highest BCUT2D eigenvalue weighted by Crippen LogP contribution is 2.26. The number of aryl methyl sites for hydroxylation is 1. The topological polar surface area (TPSA) is 37.4 Å². The standard InChI is InChI=1S/C15H21N3OS/c1-12-3-4-13-14(11-12)20-15(17-13)16-5-2-6-18-7-9-19-10-8-18/h3-4,11H,2,5-10H2,1H3,(H,16,17). The predicted octanol–water partition coefficient (Wildman–Crippen LogP) is 2.74. The van der Waals surface area contributed by atoms with Crippen LogP contribution >= 0.6 is 11.3 Å². The van der Waals surface area contributed by atoms with Crippen LogP contribution < -0.4 is 5.32 Å². The van der Waals surface area contributed by atoms with E-state index in [0.29, 0.717) is 0 Å². The van der Waals surface area contributed by atoms with Gasteiger partial charge in [-0.15, -0.1) is 0 Å². The summed E-state index contributed by atoms with van der Waals surface area (Å²) in [4.78, 5) is 7.08. The number of hydrogen-bond acceptors (Lipinski definition) is 5. The Labute approximate surface area is 123 Å². The van der Waals surface area contributed by atoms with E-state index in [9.17, 15) is 0 Å². The van der Waals surface area contributed by atoms with Gasteiger partial charge in [0.15, 0.2) is 5.13 Å². The lowest BCUT2D eigenvalue weighted by Gasteiger charge is -2.26. The average molecular weight is 291 g/mol. The summed E-state index contributed by atoms with van der Waals surface area (Å²) in [5.41, 5.74) is 2.39. The third kappa shape index (κ3) is 3.48. The van der Waals surface area contributed by atoms with E-state index in [1.54, 1.807) is 11.3 Å². The van der Waals surface area contributed by atoms with E-state index >= 15 is 0 Å². The molecule has 3 rings (SSSR count). The molecule has 1 aliphatic heterocycles. The van der Waals surface area contributed by atoms with E-state index in [4.69, 9.17) is 4.74 Å². The molecule has 0 radical (unpaired) electrons. The number of ether oxygens (including phenoxy) is 1. The van der Waals surface area contributed by atoms with Crippen LogP contribution in [0.1, 0.15) is 12.0 Å². The number of thiazole rings is 1. The van der Waals surface area contributed by atoms with Crippen molar-refractivity contribution in [1.29, 1.82) is 0 Å². The summed E-state index contributed by atoms with van der Waals surface area (Å²) in [6, 6.07) is 6.41. The highest BCUT2D eigenvalue weighted by Gasteiger charge is 2.09. The number of anilines is 1. The molecule has 0 aliphatic carbocycles. The smallest absolute Gasteiger partial charge is 0.183 e. The van der Waals surface area contributed by atoms with Gasteiger partial charge < -0.3 is 10.1 Å². The van der Waals surface area contributed by atoms with Crippen molar-refractivity contribution in [3.8, 4) is 0 Å². The van der Waals surface area contributed by atoms with E-state index < -0.39 is 0 Å². The first kappa shape index (κ1) is 13.8. The second kappa shape index (κ2) is 6.52. The lowest BCUT2D eigenvalue weighted by atomic mass is 10.2. The number of rotatable bonds is 5. The summed E-state index contributed by atoms with van der Waals surface area (Å²) in [5, 5.41) is 4.48. The molecule has 0 amide bonds. The molecule has 0 spiro atoms. The third-order valence-electron chi connectivity index (χ3n) is 3.57. The van der Waals surface area contributed by atoms with Gasteiger partial charge in [-0.25, -0.2) is 4.98 Å². The zero-order valence-electron chi connectivity index (χ0n) is 11.9. The van der Waals surface area contributed by atoms with Crippen molar-refractivity contribution in [2.45, 2.75) is 13.3 Å². The van der Waals surface area contributed by atoms with Crippen LogP contribution in [0.4, 0.5) is 5.13 Å². The maximum absolute atomic E-state index is 5.35. The first-order valence-electron chi connectivity index (χ1n) is 7.22. The van der Waals surface area contributed by atoms with E-state index in [2.05, 4.69) is 40.3 Å². The Bertz CT molecular complexity index is 563. The zero-order chi connectivity index (χ0) is 13.8. The molecule has 1 N–H and O–H groups in total. The quantitative estimate of drug-likeness (QED) is 0.860. The van der Waals surface area contributed by atoms with Crippen LogP contribution in [0.5, 0.6) is 0 Å². The van der Waals surface area contributed by atoms with Crippen LogP contribution in [0.25, 0.3) is 10.2 Å². The van der Waals surface area contributed by atoms with Crippen LogP contribution in [-0.2, 0) is 4.74 Å². The molecular formula is C15H21N3OS. The number of benzene rings is 1. The largest absolute Gasteiger partial charge is 0.379 e. The summed E-state index contributed by atoms with van der Waals surface area (Å²) in [5.74, 6) is 0. The van der Waals surface area contributed by atoms with Gasteiger partial charge in [0, 0.05) is 19.6 Å². The molecule has 1 aliphatic rings. The Morgan fingerprint density at radius 1 is 1.35 bits per heavy atom. The van der Waals surface area contributed by atoms with E-state index in [1.165, 1.54) is 10.3 Å². The lowest BCUT2D eigenvalue weighted by Crippen LogP contribution is -2.37. The second-order valence-electron chi connectivity index (χ2n) is 5.22. The van der Waals surface area contributed by atoms with Gasteiger partial charge in [0.05, 0.1) is 23.4 Å². The maximum atomic E-state index is 5.35. The molecule has 0 saturated carbocycles. The first-order valence-corrected chi connectivity index (χ1v) is 8.04. The number of hydrogen-bond donors (Lipinski definition) is 1. The highest BCUT2D eigenvalue weighted by molar-refractivity contribution is 7.22. The molecule has 2 aromatic rings. The van der Waals surface area contributed by atoms with Crippen LogP contribution in [0.3, 0.4) is 0 Å². The van der Waals surface area contributed by atoms with Gasteiger partial charge in [-0.3, -0.25) is 4.90 Å². The molecule has 108 valence electrons. The van der Waals surface area contributed by atoms with E-state index in [1.807, 2.05) is 0 Å². The number of nitrogens with zero attached hydrogens (tertiary/aromatic N) is 2. The molecule has 1 fully saturated rings. The monoisotopic (exact) mass is 291 g/mol. The fourth-order valence-electron chi connectivity index (χ4n) is 2.43. The Kier molecular flexibility index (Phi) is 4.50. The normalized spacial score (nSPS) is 16.6. The fourth-order valence-corrected chi connectivity index (χ4v) is 3.42. The molecule has 1 aromatic carbocycles. The molecule has 4 nitrogen and oxygen atoms in total. The Hall–Kier alpha value is -1.17. The molecule has 1 saturated heterocycles. The van der Waals surface area contributed by atoms with E-state index in [0.717, 1.165) is 56.5 Å². The molecule has 5 heteroatoms. The minimum Gasteiger partial charge on any atom is -0.379 e. The lowest BCUT2D eigenvalue weighted by molar-refractivity contribution is 0.0378. The van der Waals surface area contributed by atoms with Gasteiger partial charge in [-0.1, -0.05) is 17.4 Å². The first-order chi connectivity index (χ1) is 9.81. The molecule has 2 heterocycles. The molecule has 20 heavy (non-hydrogen) atoms. The van der Waals surface area contributed by atoms with Gasteiger partial charge in [-0.2, -0.15) is 0 Å². The number of aromatic nitrogens is 1. The maximum Gasteiger partial charge on any atom is 0.183 e. The summed E-state index contributed by atoms with van der Waals surface area (Å²) in [7, 11) is 0. The van der Waals surface area contributed by atoms with Crippen LogP contribution in [0, 0.1) is 6.92 Å². The van der Waals surface area contributed by atoms with Gasteiger partial charge in [0.25, 0.3) is 0 Å². The molecular weight excluding hydrogens is 270 g/mol. The van der Waals surface area contributed by atoms with Crippen molar-refractivity contribution in [2.75, 3.05) is 44.7 Å². The number of morpholine rings is 1. The van der Waals surface area contributed by atoms with Crippen molar-refractivity contribution < 1.29 is 4.74 Å². The van der Waals surface area contributed by atoms with Crippen molar-refractivity contribution >= 4 is 26.7 Å². The minimum absolute atomic E-state index is 0.880.